The first-order valence-electron chi connectivity index (χ1n) is 10.9. The van der Waals surface area contributed by atoms with Gasteiger partial charge in [-0.3, -0.25) is 14.5 Å². The van der Waals surface area contributed by atoms with Crippen LogP contribution in [0.25, 0.3) is 17.0 Å². The Bertz CT molecular complexity index is 1480. The minimum atomic E-state index is -0.257. The van der Waals surface area contributed by atoms with E-state index in [4.69, 9.17) is 23.2 Å². The number of imide groups is 1. The average Bonchev–Trinajstić information content (AvgIpc) is 3.30. The summed E-state index contributed by atoms with van der Waals surface area (Å²) >= 11 is 17.0. The third-order valence-corrected chi connectivity index (χ3v) is 7.84. The molecule has 1 saturated heterocycles. The van der Waals surface area contributed by atoms with Gasteiger partial charge in [-0.2, -0.15) is 0 Å². The largest absolute Gasteiger partial charge is 0.342 e. The average molecular weight is 586 g/mol. The monoisotopic (exact) mass is 584 g/mol. The third-order valence-electron chi connectivity index (χ3n) is 5.86. The number of nitrogens with zero attached hydrogens (tertiary/aromatic N) is 2. The molecule has 0 spiro atoms. The maximum Gasteiger partial charge on any atom is 0.293 e. The molecule has 2 amide bonds. The molecule has 0 unspecified atom stereocenters. The van der Waals surface area contributed by atoms with E-state index in [-0.39, 0.29) is 11.1 Å². The Morgan fingerprint density at radius 3 is 2.54 bits per heavy atom. The van der Waals surface area contributed by atoms with Crippen molar-refractivity contribution in [3.63, 3.8) is 0 Å². The quantitative estimate of drug-likeness (QED) is 0.215. The van der Waals surface area contributed by atoms with Crippen LogP contribution in [0.15, 0.2) is 82.3 Å². The number of benzene rings is 3. The fourth-order valence-electron chi connectivity index (χ4n) is 4.10. The van der Waals surface area contributed by atoms with Crippen LogP contribution in [0.5, 0.6) is 0 Å². The highest BCUT2D eigenvalue weighted by Gasteiger charge is 2.34. The molecule has 0 aliphatic carbocycles. The van der Waals surface area contributed by atoms with Crippen molar-refractivity contribution < 1.29 is 9.59 Å². The molecule has 1 aliphatic heterocycles. The molecule has 1 aromatic heterocycles. The Labute approximate surface area is 225 Å². The topological polar surface area (TPSA) is 42.3 Å². The molecule has 3 aromatic carbocycles. The first-order valence-corrected chi connectivity index (χ1v) is 13.3. The van der Waals surface area contributed by atoms with Crippen molar-refractivity contribution in [2.24, 2.45) is 0 Å². The second kappa shape index (κ2) is 10.2. The van der Waals surface area contributed by atoms with Gasteiger partial charge in [-0.15, -0.1) is 0 Å². The van der Waals surface area contributed by atoms with Gasteiger partial charge in [0.2, 0.25) is 0 Å². The van der Waals surface area contributed by atoms with Gasteiger partial charge in [0.05, 0.1) is 4.91 Å². The molecule has 0 radical (unpaired) electrons. The lowest BCUT2D eigenvalue weighted by atomic mass is 10.1. The lowest BCUT2D eigenvalue weighted by Gasteiger charge is -2.12. The SMILES string of the molecule is O=C1S/C(=C\c2cn(Cc3ccc(Cl)cc3Cl)c3ccc(Br)cc23)C(=O)N1CCc1ccccc1. The van der Waals surface area contributed by atoms with Crippen molar-refractivity contribution in [1.29, 1.82) is 0 Å². The number of hydrogen-bond acceptors (Lipinski definition) is 3. The van der Waals surface area contributed by atoms with Crippen LogP contribution >= 0.6 is 50.9 Å². The Hall–Kier alpha value is -2.51. The third kappa shape index (κ3) is 5.21. The van der Waals surface area contributed by atoms with Crippen molar-refractivity contribution in [2.45, 2.75) is 13.0 Å². The van der Waals surface area contributed by atoms with Crippen LogP contribution < -0.4 is 0 Å². The van der Waals surface area contributed by atoms with Crippen LogP contribution in [0, 0.1) is 0 Å². The summed E-state index contributed by atoms with van der Waals surface area (Å²) < 4.78 is 3.01. The Kier molecular flexibility index (Phi) is 7.07. The van der Waals surface area contributed by atoms with E-state index in [1.54, 1.807) is 6.07 Å². The van der Waals surface area contributed by atoms with Gasteiger partial charge >= 0.3 is 0 Å². The first kappa shape index (κ1) is 24.2. The van der Waals surface area contributed by atoms with Crippen molar-refractivity contribution in [1.82, 2.24) is 9.47 Å². The van der Waals surface area contributed by atoms with Gasteiger partial charge in [-0.05, 0) is 65.7 Å². The van der Waals surface area contributed by atoms with E-state index in [1.165, 1.54) is 4.90 Å². The Balaban J connectivity index is 1.45. The van der Waals surface area contributed by atoms with E-state index >= 15 is 0 Å². The fraction of sp³-hybridized carbons (Fsp3) is 0.111. The number of rotatable bonds is 6. The van der Waals surface area contributed by atoms with Gasteiger partial charge in [0.25, 0.3) is 11.1 Å². The molecule has 8 heteroatoms. The summed E-state index contributed by atoms with van der Waals surface area (Å²) in [6.45, 7) is 0.898. The van der Waals surface area contributed by atoms with E-state index in [2.05, 4.69) is 20.5 Å². The highest BCUT2D eigenvalue weighted by atomic mass is 79.9. The maximum atomic E-state index is 13.1. The molecule has 0 saturated carbocycles. The van der Waals surface area contributed by atoms with Gasteiger partial charge in [0, 0.05) is 50.3 Å². The molecule has 1 aliphatic rings. The lowest BCUT2D eigenvalue weighted by molar-refractivity contribution is -0.122. The molecule has 4 nitrogen and oxygen atoms in total. The predicted octanol–water partition coefficient (Wildman–Crippen LogP) is 8.04. The number of carbonyl (C=O) groups is 2. The fourth-order valence-corrected chi connectivity index (χ4v) is 5.78. The zero-order chi connectivity index (χ0) is 24.5. The number of amides is 2. The molecule has 0 atom stereocenters. The zero-order valence-electron chi connectivity index (χ0n) is 18.4. The summed E-state index contributed by atoms with van der Waals surface area (Å²) in [6.07, 6.45) is 4.42. The second-order valence-electron chi connectivity index (χ2n) is 8.18. The van der Waals surface area contributed by atoms with Crippen molar-refractivity contribution in [3.05, 3.63) is 109 Å². The van der Waals surface area contributed by atoms with Gasteiger partial charge in [-0.25, -0.2) is 0 Å². The highest BCUT2D eigenvalue weighted by Crippen LogP contribution is 2.35. The van der Waals surface area contributed by atoms with Crippen LogP contribution in [0.1, 0.15) is 16.7 Å². The standard InChI is InChI=1S/C27H19BrCl2N2O2S/c28-20-7-9-24-22(13-20)19(16-31(24)15-18-6-8-21(29)14-23(18)30)12-25-26(33)32(27(34)35-25)11-10-17-4-2-1-3-5-17/h1-9,12-14,16H,10-11,15H2/b25-12-. The zero-order valence-corrected chi connectivity index (χ0v) is 22.3. The predicted molar refractivity (Wildman–Crippen MR) is 148 cm³/mol. The number of hydrogen-bond donors (Lipinski definition) is 0. The Morgan fingerprint density at radius 2 is 1.77 bits per heavy atom. The van der Waals surface area contributed by atoms with Gasteiger partial charge in [0.1, 0.15) is 0 Å². The minimum Gasteiger partial charge on any atom is -0.342 e. The summed E-state index contributed by atoms with van der Waals surface area (Å²) in [6, 6.07) is 21.3. The summed E-state index contributed by atoms with van der Waals surface area (Å²) in [7, 11) is 0. The molecular formula is C27H19BrCl2N2O2S. The van der Waals surface area contributed by atoms with Crippen LogP contribution in [-0.4, -0.2) is 27.2 Å². The second-order valence-corrected chi connectivity index (χ2v) is 10.9. The summed E-state index contributed by atoms with van der Waals surface area (Å²) in [5.41, 5.74) is 3.88. The molecule has 0 bridgehead atoms. The van der Waals surface area contributed by atoms with E-state index in [0.29, 0.717) is 34.5 Å². The van der Waals surface area contributed by atoms with E-state index in [9.17, 15) is 9.59 Å². The van der Waals surface area contributed by atoms with Crippen LogP contribution in [-0.2, 0) is 17.8 Å². The van der Waals surface area contributed by atoms with E-state index in [1.807, 2.05) is 72.9 Å². The normalized spacial score (nSPS) is 15.1. The van der Waals surface area contributed by atoms with Gasteiger partial charge < -0.3 is 4.57 Å². The number of aromatic nitrogens is 1. The molecule has 35 heavy (non-hydrogen) atoms. The molecule has 176 valence electrons. The van der Waals surface area contributed by atoms with Crippen LogP contribution in [0.2, 0.25) is 10.0 Å². The molecule has 1 fully saturated rings. The van der Waals surface area contributed by atoms with Crippen LogP contribution in [0.4, 0.5) is 4.79 Å². The van der Waals surface area contributed by atoms with Crippen LogP contribution in [0.3, 0.4) is 0 Å². The number of thioether (sulfide) groups is 1. The molecule has 0 N–H and O–H groups in total. The summed E-state index contributed by atoms with van der Waals surface area (Å²) in [4.78, 5) is 27.5. The molecular weight excluding hydrogens is 567 g/mol. The molecule has 5 rings (SSSR count). The van der Waals surface area contributed by atoms with Gasteiger partial charge in [-0.1, -0.05) is 75.5 Å². The number of halogens is 3. The van der Waals surface area contributed by atoms with E-state index in [0.717, 1.165) is 43.8 Å². The van der Waals surface area contributed by atoms with Gasteiger partial charge in [0.15, 0.2) is 0 Å². The number of fused-ring (bicyclic) bond motifs is 1. The summed E-state index contributed by atoms with van der Waals surface area (Å²) in [5, 5.41) is 1.91. The molecule has 4 aromatic rings. The van der Waals surface area contributed by atoms with Crippen molar-refractivity contribution in [2.75, 3.05) is 6.54 Å². The smallest absolute Gasteiger partial charge is 0.293 e. The first-order chi connectivity index (χ1) is 16.9. The lowest BCUT2D eigenvalue weighted by Crippen LogP contribution is -2.30. The highest BCUT2D eigenvalue weighted by molar-refractivity contribution is 9.10. The summed E-state index contributed by atoms with van der Waals surface area (Å²) in [5.74, 6) is -0.257. The number of carbonyl (C=O) groups excluding carboxylic acids is 2. The van der Waals surface area contributed by atoms with E-state index < -0.39 is 0 Å². The molecule has 2 heterocycles. The minimum absolute atomic E-state index is 0.241. The van der Waals surface area contributed by atoms with Crippen molar-refractivity contribution in [3.8, 4) is 0 Å². The maximum absolute atomic E-state index is 13.1. The van der Waals surface area contributed by atoms with Crippen molar-refractivity contribution >= 4 is 79.0 Å². The Morgan fingerprint density at radius 1 is 0.971 bits per heavy atom.